The number of quaternary nitrogens is 1. The quantitative estimate of drug-likeness (QED) is 0.726. The van der Waals surface area contributed by atoms with Gasteiger partial charge in [0.2, 0.25) is 0 Å². The van der Waals surface area contributed by atoms with E-state index in [0.29, 0.717) is 5.56 Å². The summed E-state index contributed by atoms with van der Waals surface area (Å²) in [6.45, 7) is 12.1. The van der Waals surface area contributed by atoms with Crippen LogP contribution in [0.25, 0.3) is 0 Å². The highest BCUT2D eigenvalue weighted by molar-refractivity contribution is 5.93. The highest BCUT2D eigenvalue weighted by Gasteiger charge is 2.16. The van der Waals surface area contributed by atoms with Gasteiger partial charge in [-0.2, -0.15) is 0 Å². The maximum atomic E-state index is 12.2. The molecule has 4 heteroatoms. The predicted octanol–water partition coefficient (Wildman–Crippen LogP) is 1.80. The minimum absolute atomic E-state index is 0.0882. The van der Waals surface area contributed by atoms with Crippen molar-refractivity contribution in [3.05, 3.63) is 47.2 Å². The van der Waals surface area contributed by atoms with Crippen LogP contribution >= 0.6 is 0 Å². The van der Waals surface area contributed by atoms with E-state index in [2.05, 4.69) is 44.6 Å². The Bertz CT molecular complexity index is 555. The molecule has 1 aliphatic rings. The molecule has 1 heterocycles. The Hall–Kier alpha value is -1.81. The Kier molecular flexibility index (Phi) is 5.83. The Morgan fingerprint density at radius 3 is 2.43 bits per heavy atom. The second-order valence-corrected chi connectivity index (χ2v) is 7.34. The molecule has 0 aliphatic carbocycles. The van der Waals surface area contributed by atoms with Crippen molar-refractivity contribution in [2.75, 3.05) is 19.6 Å². The summed E-state index contributed by atoms with van der Waals surface area (Å²) in [7, 11) is 0. The lowest BCUT2D eigenvalue weighted by Crippen LogP contribution is -3.12. The van der Waals surface area contributed by atoms with Crippen molar-refractivity contribution in [2.24, 2.45) is 0 Å². The summed E-state index contributed by atoms with van der Waals surface area (Å²) >= 11 is 0. The maximum Gasteiger partial charge on any atom is 0.269 e. The number of amides is 1. The number of rotatable bonds is 5. The van der Waals surface area contributed by atoms with Gasteiger partial charge in [-0.1, -0.05) is 39.8 Å². The largest absolute Gasteiger partial charge is 0.331 e. The third-order valence-corrected chi connectivity index (χ3v) is 4.34. The van der Waals surface area contributed by atoms with Gasteiger partial charge in [0.15, 0.2) is 0 Å². The van der Waals surface area contributed by atoms with Crippen LogP contribution in [0.1, 0.15) is 56.5 Å². The molecule has 0 fully saturated rings. The summed E-state index contributed by atoms with van der Waals surface area (Å²) in [6, 6.07) is 7.83. The topological polar surface area (TPSA) is 45.6 Å². The minimum Gasteiger partial charge on any atom is -0.331 e. The number of benzene rings is 1. The molecule has 23 heavy (non-hydrogen) atoms. The highest BCUT2D eigenvalue weighted by Crippen LogP contribution is 2.22. The number of hydrogen-bond donors (Lipinski definition) is 3. The average molecular weight is 316 g/mol. The molecule has 0 saturated heterocycles. The molecule has 1 amide bonds. The van der Waals surface area contributed by atoms with E-state index in [9.17, 15) is 4.79 Å². The third-order valence-electron chi connectivity index (χ3n) is 4.34. The third kappa shape index (κ3) is 5.10. The fourth-order valence-corrected chi connectivity index (χ4v) is 2.81. The molecule has 4 nitrogen and oxygen atoms in total. The molecule has 0 saturated carbocycles. The lowest BCUT2D eigenvalue weighted by atomic mass is 9.87. The van der Waals surface area contributed by atoms with Crippen LogP contribution in [0.15, 0.2) is 36.0 Å². The van der Waals surface area contributed by atoms with Gasteiger partial charge in [-0.15, -0.1) is 0 Å². The molecule has 0 aromatic heterocycles. The predicted molar refractivity (Wildman–Crippen MR) is 94.3 cm³/mol. The van der Waals surface area contributed by atoms with Gasteiger partial charge in [-0.05, 0) is 35.6 Å². The van der Waals surface area contributed by atoms with Crippen molar-refractivity contribution in [2.45, 2.75) is 46.0 Å². The smallest absolute Gasteiger partial charge is 0.269 e. The van der Waals surface area contributed by atoms with Crippen LogP contribution in [0.4, 0.5) is 0 Å². The van der Waals surface area contributed by atoms with E-state index >= 15 is 0 Å². The first-order valence-electron chi connectivity index (χ1n) is 8.59. The Morgan fingerprint density at radius 2 is 1.91 bits per heavy atom. The van der Waals surface area contributed by atoms with Crippen LogP contribution in [0.3, 0.4) is 0 Å². The SMILES string of the molecule is CCC[NH+]1CC=C(NNC(=O)c2ccc(C(C)(C)C)cc2)CC1. The molecule has 3 N–H and O–H groups in total. The molecule has 0 radical (unpaired) electrons. The second kappa shape index (κ2) is 7.64. The van der Waals surface area contributed by atoms with Gasteiger partial charge in [0.05, 0.1) is 19.6 Å². The van der Waals surface area contributed by atoms with Crippen molar-refractivity contribution >= 4 is 5.91 Å². The second-order valence-electron chi connectivity index (χ2n) is 7.34. The molecule has 0 bridgehead atoms. The van der Waals surface area contributed by atoms with Crippen molar-refractivity contribution < 1.29 is 9.69 Å². The summed E-state index contributed by atoms with van der Waals surface area (Å²) in [4.78, 5) is 13.8. The first-order valence-corrected chi connectivity index (χ1v) is 8.59. The highest BCUT2D eigenvalue weighted by atomic mass is 16.2. The number of hydrazine groups is 1. The zero-order valence-corrected chi connectivity index (χ0v) is 14.8. The van der Waals surface area contributed by atoms with Gasteiger partial charge in [-0.3, -0.25) is 10.2 Å². The van der Waals surface area contributed by atoms with Crippen LogP contribution in [0.2, 0.25) is 0 Å². The van der Waals surface area contributed by atoms with Gasteiger partial charge >= 0.3 is 0 Å². The number of carbonyl (C=O) groups excluding carboxylic acids is 1. The van der Waals surface area contributed by atoms with E-state index in [4.69, 9.17) is 0 Å². The van der Waals surface area contributed by atoms with E-state index in [1.165, 1.54) is 18.5 Å². The van der Waals surface area contributed by atoms with Crippen LogP contribution in [0, 0.1) is 0 Å². The molecule has 1 unspecified atom stereocenters. The summed E-state index contributed by atoms with van der Waals surface area (Å²) < 4.78 is 0. The lowest BCUT2D eigenvalue weighted by Gasteiger charge is -2.24. The Balaban J connectivity index is 1.86. The maximum absolute atomic E-state index is 12.2. The van der Waals surface area contributed by atoms with E-state index in [1.54, 1.807) is 4.90 Å². The van der Waals surface area contributed by atoms with Crippen LogP contribution in [0.5, 0.6) is 0 Å². The Labute approximate surface area is 139 Å². The normalized spacial score (nSPS) is 18.3. The number of carbonyl (C=O) groups is 1. The fourth-order valence-electron chi connectivity index (χ4n) is 2.81. The molecule has 126 valence electrons. The Morgan fingerprint density at radius 1 is 1.22 bits per heavy atom. The van der Waals surface area contributed by atoms with Gasteiger partial charge in [0.25, 0.3) is 5.91 Å². The lowest BCUT2D eigenvalue weighted by molar-refractivity contribution is -0.895. The van der Waals surface area contributed by atoms with E-state index in [-0.39, 0.29) is 11.3 Å². The van der Waals surface area contributed by atoms with Crippen molar-refractivity contribution in [3.63, 3.8) is 0 Å². The minimum atomic E-state index is -0.0882. The first-order chi connectivity index (χ1) is 10.9. The van der Waals surface area contributed by atoms with Gasteiger partial charge < -0.3 is 10.3 Å². The number of hydrogen-bond acceptors (Lipinski definition) is 2. The van der Waals surface area contributed by atoms with Gasteiger partial charge in [0, 0.05) is 17.7 Å². The number of nitrogens with one attached hydrogen (secondary N) is 3. The molecular weight excluding hydrogens is 286 g/mol. The van der Waals surface area contributed by atoms with Gasteiger partial charge in [-0.25, -0.2) is 0 Å². The summed E-state index contributed by atoms with van der Waals surface area (Å²) in [5, 5.41) is 0. The van der Waals surface area contributed by atoms with E-state index < -0.39 is 0 Å². The summed E-state index contributed by atoms with van der Waals surface area (Å²) in [5.74, 6) is -0.0882. The monoisotopic (exact) mass is 316 g/mol. The molecular formula is C19H30N3O+. The molecule has 2 rings (SSSR count). The summed E-state index contributed by atoms with van der Waals surface area (Å²) in [6.07, 6.45) is 4.39. The zero-order valence-electron chi connectivity index (χ0n) is 14.8. The van der Waals surface area contributed by atoms with Crippen LogP contribution < -0.4 is 15.8 Å². The summed E-state index contributed by atoms with van der Waals surface area (Å²) in [5.41, 5.74) is 9.02. The van der Waals surface area contributed by atoms with Crippen LogP contribution in [-0.4, -0.2) is 25.5 Å². The standard InChI is InChI=1S/C19H29N3O/c1-5-12-22-13-10-17(11-14-22)20-21-18(23)15-6-8-16(9-7-15)19(2,3)4/h6-10,20H,5,11-14H2,1-4H3,(H,21,23)/p+1. The van der Waals surface area contributed by atoms with Crippen molar-refractivity contribution in [3.8, 4) is 0 Å². The van der Waals surface area contributed by atoms with E-state index in [0.717, 1.165) is 25.2 Å². The molecule has 1 aliphatic heterocycles. The van der Waals surface area contributed by atoms with Crippen molar-refractivity contribution in [1.29, 1.82) is 0 Å². The molecule has 1 atom stereocenters. The zero-order chi connectivity index (χ0) is 16.9. The molecule has 1 aromatic carbocycles. The fraction of sp³-hybridized carbons (Fsp3) is 0.526. The first kappa shape index (κ1) is 17.5. The molecule has 0 spiro atoms. The van der Waals surface area contributed by atoms with E-state index in [1.807, 2.05) is 24.3 Å². The van der Waals surface area contributed by atoms with Crippen molar-refractivity contribution in [1.82, 2.24) is 10.9 Å². The van der Waals surface area contributed by atoms with Gasteiger partial charge in [0.1, 0.15) is 0 Å². The molecule has 1 aromatic rings. The van der Waals surface area contributed by atoms with Crippen LogP contribution in [-0.2, 0) is 5.41 Å². The average Bonchev–Trinajstić information content (AvgIpc) is 2.53.